The third-order valence-electron chi connectivity index (χ3n) is 4.00. The second kappa shape index (κ2) is 9.15. The Hall–Kier alpha value is -4.18. The highest BCUT2D eigenvalue weighted by Gasteiger charge is 2.08. The highest BCUT2D eigenvalue weighted by atomic mass is 16.5. The predicted octanol–water partition coefficient (Wildman–Crippen LogP) is 3.49. The quantitative estimate of drug-likeness (QED) is 0.498. The van der Waals surface area contributed by atoms with Crippen molar-refractivity contribution in [2.75, 3.05) is 6.61 Å². The highest BCUT2D eigenvalue weighted by molar-refractivity contribution is 5.95. The van der Waals surface area contributed by atoms with Crippen LogP contribution in [0.1, 0.15) is 28.4 Å². The number of nitrogens with one attached hydrogen (secondary N) is 1. The van der Waals surface area contributed by atoms with Gasteiger partial charge in [-0.2, -0.15) is 10.4 Å². The minimum absolute atomic E-state index is 0.0239. The third-order valence-corrected chi connectivity index (χ3v) is 4.00. The van der Waals surface area contributed by atoms with Crippen molar-refractivity contribution in [3.05, 3.63) is 77.5 Å². The van der Waals surface area contributed by atoms with Crippen molar-refractivity contribution in [2.24, 2.45) is 5.10 Å². The number of phenolic OH excluding ortho intramolecular Hbond substituents is 1. The lowest BCUT2D eigenvalue weighted by molar-refractivity contribution is 0.0955. The van der Waals surface area contributed by atoms with E-state index in [0.29, 0.717) is 6.61 Å². The molecule has 0 fully saturated rings. The lowest BCUT2D eigenvalue weighted by atomic mass is 10.1. The molecule has 0 aliphatic heterocycles. The Bertz CT molecular complexity index is 1090. The number of nitriles is 1. The lowest BCUT2D eigenvalue weighted by Crippen LogP contribution is -2.17. The molecule has 0 unspecified atom stereocenters. The molecule has 7 nitrogen and oxygen atoms in total. The molecular formula is C22H18N4O3. The first-order valence-electron chi connectivity index (χ1n) is 8.86. The zero-order valence-corrected chi connectivity index (χ0v) is 15.7. The van der Waals surface area contributed by atoms with Crippen LogP contribution in [0.5, 0.6) is 11.5 Å². The first-order valence-corrected chi connectivity index (χ1v) is 8.86. The maximum absolute atomic E-state index is 12.1. The van der Waals surface area contributed by atoms with Gasteiger partial charge in [0.25, 0.3) is 5.91 Å². The van der Waals surface area contributed by atoms with Gasteiger partial charge in [-0.15, -0.1) is 0 Å². The number of aromatic hydroxyl groups is 1. The third kappa shape index (κ3) is 4.96. The monoisotopic (exact) mass is 386 g/mol. The Labute approximate surface area is 167 Å². The van der Waals surface area contributed by atoms with Crippen LogP contribution in [0.2, 0.25) is 0 Å². The summed E-state index contributed by atoms with van der Waals surface area (Å²) in [4.78, 5) is 16.5. The molecule has 7 heteroatoms. The summed E-state index contributed by atoms with van der Waals surface area (Å²) in [7, 11) is 0. The van der Waals surface area contributed by atoms with Crippen molar-refractivity contribution in [3.8, 4) is 28.8 Å². The van der Waals surface area contributed by atoms with Crippen molar-refractivity contribution in [2.45, 2.75) is 6.92 Å². The summed E-state index contributed by atoms with van der Waals surface area (Å²) in [5.74, 6) is 0.134. The van der Waals surface area contributed by atoms with Crippen molar-refractivity contribution in [1.82, 2.24) is 10.4 Å². The number of nitrogens with zero attached hydrogens (tertiary/aromatic N) is 3. The Morgan fingerprint density at radius 3 is 2.76 bits per heavy atom. The number of benzene rings is 2. The van der Waals surface area contributed by atoms with E-state index in [1.165, 1.54) is 24.4 Å². The van der Waals surface area contributed by atoms with Gasteiger partial charge in [-0.05, 0) is 67.1 Å². The average Bonchev–Trinajstić information content (AvgIpc) is 2.75. The van der Waals surface area contributed by atoms with E-state index in [1.54, 1.807) is 12.3 Å². The van der Waals surface area contributed by atoms with Gasteiger partial charge in [0.05, 0.1) is 24.1 Å². The van der Waals surface area contributed by atoms with E-state index in [9.17, 15) is 9.90 Å². The predicted molar refractivity (Wildman–Crippen MR) is 109 cm³/mol. The van der Waals surface area contributed by atoms with Crippen molar-refractivity contribution < 1.29 is 14.6 Å². The van der Waals surface area contributed by atoms with Gasteiger partial charge in [-0.25, -0.2) is 5.43 Å². The van der Waals surface area contributed by atoms with Gasteiger partial charge in [0.1, 0.15) is 17.6 Å². The Balaban J connectivity index is 1.69. The Kier molecular flexibility index (Phi) is 6.18. The van der Waals surface area contributed by atoms with E-state index < -0.39 is 5.91 Å². The molecule has 0 saturated heterocycles. The molecule has 3 aromatic rings. The summed E-state index contributed by atoms with van der Waals surface area (Å²) in [5, 5.41) is 22.4. The van der Waals surface area contributed by atoms with Crippen molar-refractivity contribution in [3.63, 3.8) is 0 Å². The summed E-state index contributed by atoms with van der Waals surface area (Å²) in [6.45, 7) is 2.54. The second-order valence-corrected chi connectivity index (χ2v) is 5.97. The first-order chi connectivity index (χ1) is 14.1. The molecule has 2 N–H and O–H groups in total. The number of phenols is 1. The van der Waals surface area contributed by atoms with Crippen LogP contribution in [-0.4, -0.2) is 28.8 Å². The van der Waals surface area contributed by atoms with Crippen LogP contribution in [0.25, 0.3) is 11.3 Å². The van der Waals surface area contributed by atoms with Crippen LogP contribution in [0, 0.1) is 11.3 Å². The first kappa shape index (κ1) is 19.6. The number of carbonyl (C=O) groups excluding carboxylic acids is 1. The van der Waals surface area contributed by atoms with Gasteiger partial charge < -0.3 is 9.84 Å². The molecule has 0 spiro atoms. The van der Waals surface area contributed by atoms with E-state index in [4.69, 9.17) is 10.00 Å². The summed E-state index contributed by atoms with van der Waals surface area (Å²) >= 11 is 0. The van der Waals surface area contributed by atoms with E-state index in [2.05, 4.69) is 15.5 Å². The number of rotatable bonds is 6. The van der Waals surface area contributed by atoms with Crippen molar-refractivity contribution >= 4 is 12.1 Å². The van der Waals surface area contributed by atoms with Crippen molar-refractivity contribution in [1.29, 1.82) is 5.26 Å². The largest absolute Gasteiger partial charge is 0.507 e. The van der Waals surface area contributed by atoms with E-state index in [-0.39, 0.29) is 16.9 Å². The molecule has 0 saturated carbocycles. The zero-order chi connectivity index (χ0) is 20.6. The van der Waals surface area contributed by atoms with Crippen LogP contribution in [0.15, 0.2) is 65.9 Å². The normalized spacial score (nSPS) is 10.5. The van der Waals surface area contributed by atoms with Crippen LogP contribution >= 0.6 is 0 Å². The summed E-state index contributed by atoms with van der Waals surface area (Å²) < 4.78 is 5.44. The van der Waals surface area contributed by atoms with Gasteiger partial charge in [0, 0.05) is 17.3 Å². The molecule has 2 aromatic carbocycles. The molecule has 3 rings (SSSR count). The average molecular weight is 386 g/mol. The smallest absolute Gasteiger partial charge is 0.271 e. The number of aromatic nitrogens is 1. The van der Waals surface area contributed by atoms with Crippen LogP contribution in [-0.2, 0) is 0 Å². The second-order valence-electron chi connectivity index (χ2n) is 5.97. The van der Waals surface area contributed by atoms with Crippen LogP contribution in [0.3, 0.4) is 0 Å². The molecule has 1 heterocycles. The number of pyridine rings is 1. The summed E-state index contributed by atoms with van der Waals surface area (Å²) in [5.41, 5.74) is 5.10. The van der Waals surface area contributed by atoms with E-state index >= 15 is 0 Å². The molecular weight excluding hydrogens is 368 g/mol. The number of ether oxygens (including phenoxy) is 1. The number of amides is 1. The Morgan fingerprint density at radius 1 is 1.24 bits per heavy atom. The van der Waals surface area contributed by atoms with Gasteiger partial charge in [0.15, 0.2) is 0 Å². The Morgan fingerprint density at radius 2 is 2.03 bits per heavy atom. The molecule has 144 valence electrons. The standard InChI is InChI=1S/C22H18N4O3/c1-2-29-19-6-3-16(4-7-19)20-11-15(9-10-24-20)14-25-26-22(28)17-5-8-21(27)18(12-17)13-23/h3-12,14,27H,2H2,1H3,(H,26,28). The van der Waals surface area contributed by atoms with Gasteiger partial charge >= 0.3 is 0 Å². The molecule has 29 heavy (non-hydrogen) atoms. The molecule has 0 bridgehead atoms. The van der Waals surface area contributed by atoms with Gasteiger partial charge in [-0.1, -0.05) is 0 Å². The molecule has 1 amide bonds. The maximum Gasteiger partial charge on any atom is 0.271 e. The molecule has 0 radical (unpaired) electrons. The van der Waals surface area contributed by atoms with Crippen LogP contribution < -0.4 is 10.2 Å². The van der Waals surface area contributed by atoms with Gasteiger partial charge in [0.2, 0.25) is 0 Å². The van der Waals surface area contributed by atoms with Crippen LogP contribution in [0.4, 0.5) is 0 Å². The molecule has 1 aromatic heterocycles. The number of hydrogen-bond donors (Lipinski definition) is 2. The van der Waals surface area contributed by atoms with E-state index in [1.807, 2.05) is 43.3 Å². The zero-order valence-electron chi connectivity index (χ0n) is 15.7. The molecule has 0 aliphatic carbocycles. The number of hydrogen-bond acceptors (Lipinski definition) is 6. The summed E-state index contributed by atoms with van der Waals surface area (Å²) in [6, 6.07) is 17.1. The number of hydrazone groups is 1. The fourth-order valence-corrected chi connectivity index (χ4v) is 2.57. The minimum atomic E-state index is -0.487. The van der Waals surface area contributed by atoms with Gasteiger partial charge in [-0.3, -0.25) is 9.78 Å². The van der Waals surface area contributed by atoms with E-state index in [0.717, 1.165) is 22.6 Å². The SMILES string of the molecule is CCOc1ccc(-c2cc(C=NNC(=O)c3ccc(O)c(C#N)c3)ccn2)cc1. The fourth-order valence-electron chi connectivity index (χ4n) is 2.57. The fraction of sp³-hybridized carbons (Fsp3) is 0.0909. The minimum Gasteiger partial charge on any atom is -0.507 e. The lowest BCUT2D eigenvalue weighted by Gasteiger charge is -2.05. The number of carbonyl (C=O) groups is 1. The molecule has 0 aliphatic rings. The molecule has 0 atom stereocenters. The summed E-state index contributed by atoms with van der Waals surface area (Å²) in [6.07, 6.45) is 3.16. The highest BCUT2D eigenvalue weighted by Crippen LogP contribution is 2.21. The topological polar surface area (TPSA) is 108 Å². The maximum atomic E-state index is 12.1.